The van der Waals surface area contributed by atoms with Crippen LogP contribution in [0.15, 0.2) is 24.3 Å². The van der Waals surface area contributed by atoms with Gasteiger partial charge in [0.15, 0.2) is 0 Å². The highest BCUT2D eigenvalue weighted by molar-refractivity contribution is 8.00. The maximum Gasteiger partial charge on any atom is 0.234 e. The number of aromatic hydroxyl groups is 1. The number of phenolic OH excluding ortho intramolecular Hbond substituents is 1. The number of carbonyl (C=O) groups excluding carboxylic acids is 1. The molecule has 0 bridgehead atoms. The van der Waals surface area contributed by atoms with E-state index in [0.29, 0.717) is 16.7 Å². The summed E-state index contributed by atoms with van der Waals surface area (Å²) in [5.74, 6) is 0.419. The minimum Gasteiger partial charge on any atom is -0.506 e. The second-order valence-corrected chi connectivity index (χ2v) is 4.99. The zero-order chi connectivity index (χ0) is 11.3. The third-order valence-electron chi connectivity index (χ3n) is 1.73. The topological polar surface area (TPSA) is 49.3 Å². The van der Waals surface area contributed by atoms with Gasteiger partial charge in [-0.25, -0.2) is 0 Å². The van der Waals surface area contributed by atoms with E-state index in [1.54, 1.807) is 36.0 Å². The van der Waals surface area contributed by atoms with Crippen LogP contribution in [0, 0.1) is 0 Å². The maximum atomic E-state index is 11.4. The van der Waals surface area contributed by atoms with Crippen LogP contribution in [-0.2, 0) is 4.79 Å². The Hall–Kier alpha value is -1.16. The Bertz CT molecular complexity index is 339. The Morgan fingerprint density at radius 2 is 2.13 bits per heavy atom. The van der Waals surface area contributed by atoms with Crippen molar-refractivity contribution >= 4 is 23.4 Å². The predicted molar refractivity (Wildman–Crippen MR) is 64.3 cm³/mol. The summed E-state index contributed by atoms with van der Waals surface area (Å²) in [5, 5.41) is 12.5. The quantitative estimate of drug-likeness (QED) is 0.774. The van der Waals surface area contributed by atoms with Crippen LogP contribution in [0.5, 0.6) is 5.75 Å². The molecule has 1 amide bonds. The minimum absolute atomic E-state index is 0.0878. The van der Waals surface area contributed by atoms with E-state index in [9.17, 15) is 9.90 Å². The summed E-state index contributed by atoms with van der Waals surface area (Å²) < 4.78 is 0. The minimum atomic E-state index is -0.0878. The molecule has 0 heterocycles. The molecule has 0 atom stereocenters. The molecule has 0 unspecified atom stereocenters. The van der Waals surface area contributed by atoms with E-state index < -0.39 is 0 Å². The molecular weight excluding hydrogens is 210 g/mol. The predicted octanol–water partition coefficient (Wildman–Crippen LogP) is 2.47. The molecule has 0 saturated heterocycles. The van der Waals surface area contributed by atoms with E-state index in [1.165, 1.54) is 0 Å². The summed E-state index contributed by atoms with van der Waals surface area (Å²) >= 11 is 1.57. The van der Waals surface area contributed by atoms with E-state index in [0.717, 1.165) is 0 Å². The van der Waals surface area contributed by atoms with Crippen molar-refractivity contribution in [3.05, 3.63) is 24.3 Å². The van der Waals surface area contributed by atoms with Gasteiger partial charge in [-0.1, -0.05) is 26.0 Å². The summed E-state index contributed by atoms with van der Waals surface area (Å²) in [7, 11) is 0. The lowest BCUT2D eigenvalue weighted by atomic mass is 10.3. The third kappa shape index (κ3) is 4.25. The van der Waals surface area contributed by atoms with E-state index >= 15 is 0 Å². The van der Waals surface area contributed by atoms with Gasteiger partial charge in [-0.3, -0.25) is 4.79 Å². The maximum absolute atomic E-state index is 11.4. The fourth-order valence-corrected chi connectivity index (χ4v) is 1.56. The largest absolute Gasteiger partial charge is 0.506 e. The first-order valence-corrected chi connectivity index (χ1v) is 5.84. The first-order valence-electron chi connectivity index (χ1n) is 4.79. The molecular formula is C11H15NO2S. The third-order valence-corrected chi connectivity index (χ3v) is 2.82. The number of amides is 1. The molecule has 82 valence electrons. The monoisotopic (exact) mass is 225 g/mol. The van der Waals surface area contributed by atoms with E-state index in [1.807, 2.05) is 13.8 Å². The van der Waals surface area contributed by atoms with E-state index in [-0.39, 0.29) is 11.7 Å². The van der Waals surface area contributed by atoms with E-state index in [4.69, 9.17) is 0 Å². The molecule has 0 radical (unpaired) electrons. The molecule has 0 aliphatic heterocycles. The fourth-order valence-electron chi connectivity index (χ4n) is 1.01. The summed E-state index contributed by atoms with van der Waals surface area (Å²) in [6, 6.07) is 6.71. The molecule has 1 aromatic rings. The lowest BCUT2D eigenvalue weighted by Gasteiger charge is -2.07. The summed E-state index contributed by atoms with van der Waals surface area (Å²) in [6.45, 7) is 4.08. The number of phenols is 1. The summed E-state index contributed by atoms with van der Waals surface area (Å²) in [5.41, 5.74) is 0.465. The van der Waals surface area contributed by atoms with Gasteiger partial charge >= 0.3 is 0 Å². The van der Waals surface area contributed by atoms with Crippen LogP contribution in [-0.4, -0.2) is 22.0 Å². The molecule has 0 aliphatic carbocycles. The number of nitrogens with one attached hydrogen (secondary N) is 1. The Balaban J connectivity index is 2.48. The first-order chi connectivity index (χ1) is 7.09. The van der Waals surface area contributed by atoms with Gasteiger partial charge < -0.3 is 10.4 Å². The fraction of sp³-hybridized carbons (Fsp3) is 0.364. The normalized spacial score (nSPS) is 10.3. The molecule has 1 rings (SSSR count). The van der Waals surface area contributed by atoms with Crippen LogP contribution in [0.2, 0.25) is 0 Å². The van der Waals surface area contributed by atoms with Crippen LogP contribution in [0.4, 0.5) is 5.69 Å². The molecule has 0 saturated carbocycles. The zero-order valence-corrected chi connectivity index (χ0v) is 9.67. The number of anilines is 1. The smallest absolute Gasteiger partial charge is 0.234 e. The molecule has 3 nitrogen and oxygen atoms in total. The zero-order valence-electron chi connectivity index (χ0n) is 8.86. The van der Waals surface area contributed by atoms with Crippen molar-refractivity contribution in [2.24, 2.45) is 0 Å². The van der Waals surface area contributed by atoms with Crippen molar-refractivity contribution < 1.29 is 9.90 Å². The highest BCUT2D eigenvalue weighted by Crippen LogP contribution is 2.21. The molecule has 15 heavy (non-hydrogen) atoms. The van der Waals surface area contributed by atoms with Crippen molar-refractivity contribution in [3.8, 4) is 5.75 Å². The van der Waals surface area contributed by atoms with Crippen molar-refractivity contribution in [2.75, 3.05) is 11.1 Å². The molecule has 0 fully saturated rings. The van der Waals surface area contributed by atoms with Gasteiger partial charge in [0.1, 0.15) is 5.75 Å². The van der Waals surface area contributed by atoms with Crippen LogP contribution in [0.3, 0.4) is 0 Å². The van der Waals surface area contributed by atoms with Crippen molar-refractivity contribution in [3.63, 3.8) is 0 Å². The van der Waals surface area contributed by atoms with Crippen LogP contribution in [0.25, 0.3) is 0 Å². The summed E-state index contributed by atoms with van der Waals surface area (Å²) in [6.07, 6.45) is 0. The Morgan fingerprint density at radius 3 is 2.73 bits per heavy atom. The summed E-state index contributed by atoms with van der Waals surface area (Å²) in [4.78, 5) is 11.4. The number of carbonyl (C=O) groups is 1. The van der Waals surface area contributed by atoms with Gasteiger partial charge in [0.05, 0.1) is 11.4 Å². The Kier molecular flexibility index (Phi) is 4.49. The second kappa shape index (κ2) is 5.66. The number of para-hydroxylation sites is 2. The molecule has 2 N–H and O–H groups in total. The SMILES string of the molecule is CC(C)SCC(=O)Nc1ccccc1O. The average Bonchev–Trinajstić information content (AvgIpc) is 2.18. The molecule has 0 aliphatic rings. The number of hydrogen-bond donors (Lipinski definition) is 2. The first kappa shape index (κ1) is 11.9. The lowest BCUT2D eigenvalue weighted by molar-refractivity contribution is -0.113. The number of hydrogen-bond acceptors (Lipinski definition) is 3. The van der Waals surface area contributed by atoms with Gasteiger partial charge in [-0.05, 0) is 17.4 Å². The van der Waals surface area contributed by atoms with Gasteiger partial charge in [0, 0.05) is 0 Å². The highest BCUT2D eigenvalue weighted by Gasteiger charge is 2.06. The van der Waals surface area contributed by atoms with Crippen LogP contribution < -0.4 is 5.32 Å². The van der Waals surface area contributed by atoms with Gasteiger partial charge in [-0.15, -0.1) is 11.8 Å². The average molecular weight is 225 g/mol. The lowest BCUT2D eigenvalue weighted by Crippen LogP contribution is -2.15. The Morgan fingerprint density at radius 1 is 1.47 bits per heavy atom. The highest BCUT2D eigenvalue weighted by atomic mass is 32.2. The molecule has 4 heteroatoms. The van der Waals surface area contributed by atoms with Crippen LogP contribution >= 0.6 is 11.8 Å². The molecule has 1 aromatic carbocycles. The Labute approximate surface area is 93.9 Å². The molecule has 0 aromatic heterocycles. The van der Waals surface area contributed by atoms with Crippen LogP contribution in [0.1, 0.15) is 13.8 Å². The van der Waals surface area contributed by atoms with Gasteiger partial charge in [0.25, 0.3) is 0 Å². The van der Waals surface area contributed by atoms with Crippen molar-refractivity contribution in [2.45, 2.75) is 19.1 Å². The van der Waals surface area contributed by atoms with Crippen molar-refractivity contribution in [1.82, 2.24) is 0 Å². The standard InChI is InChI=1S/C11H15NO2S/c1-8(2)15-7-11(14)12-9-5-3-4-6-10(9)13/h3-6,8,13H,7H2,1-2H3,(H,12,14). The molecule has 0 spiro atoms. The number of thioether (sulfide) groups is 1. The number of rotatable bonds is 4. The van der Waals surface area contributed by atoms with Gasteiger partial charge in [-0.2, -0.15) is 0 Å². The second-order valence-electron chi connectivity index (χ2n) is 3.43. The van der Waals surface area contributed by atoms with Gasteiger partial charge in [0.2, 0.25) is 5.91 Å². The number of benzene rings is 1. The van der Waals surface area contributed by atoms with Crippen molar-refractivity contribution in [1.29, 1.82) is 0 Å². The van der Waals surface area contributed by atoms with E-state index in [2.05, 4.69) is 5.32 Å².